The number of anilines is 2. The van der Waals surface area contributed by atoms with Crippen LogP contribution in [0.5, 0.6) is 0 Å². The van der Waals surface area contributed by atoms with Gasteiger partial charge in [-0.3, -0.25) is 0 Å². The molecule has 0 bridgehead atoms. The summed E-state index contributed by atoms with van der Waals surface area (Å²) in [5.74, 6) is -1.27. The summed E-state index contributed by atoms with van der Waals surface area (Å²) in [5.41, 5.74) is 1.54. The first kappa shape index (κ1) is 13.6. The van der Waals surface area contributed by atoms with Crippen LogP contribution in [0, 0.1) is 6.92 Å². The molecule has 1 N–H and O–H groups in total. The molecule has 0 atom stereocenters. The molecule has 0 aliphatic rings. The molecule has 1 heterocycles. The van der Waals surface area contributed by atoms with E-state index in [-0.39, 0.29) is 11.0 Å². The van der Waals surface area contributed by atoms with E-state index in [1.165, 1.54) is 6.07 Å². The maximum Gasteiger partial charge on any atom is 0.451 e. The zero-order chi connectivity index (χ0) is 14.0. The average Bonchev–Trinajstić information content (AvgIpc) is 2.30. The molecule has 3 nitrogen and oxygen atoms in total. The fourth-order valence-electron chi connectivity index (χ4n) is 1.46. The second-order valence-corrected chi connectivity index (χ2v) is 4.22. The fourth-order valence-corrected chi connectivity index (χ4v) is 1.64. The molecule has 0 aliphatic carbocycles. The van der Waals surface area contributed by atoms with Gasteiger partial charge in [-0.1, -0.05) is 29.8 Å². The van der Waals surface area contributed by atoms with Crippen LogP contribution >= 0.6 is 11.6 Å². The lowest BCUT2D eigenvalue weighted by atomic mass is 10.2. The molecular weight excluding hydrogens is 279 g/mol. The van der Waals surface area contributed by atoms with Gasteiger partial charge in [0.2, 0.25) is 5.82 Å². The van der Waals surface area contributed by atoms with Crippen LogP contribution in [0.3, 0.4) is 0 Å². The Hall–Kier alpha value is -1.82. The molecule has 1 aromatic carbocycles. The third kappa shape index (κ3) is 3.35. The molecule has 7 heteroatoms. The van der Waals surface area contributed by atoms with Crippen molar-refractivity contribution in [1.82, 2.24) is 9.97 Å². The molecular formula is C12H9ClF3N3. The normalized spacial score (nSPS) is 11.4. The van der Waals surface area contributed by atoms with Gasteiger partial charge in [-0.2, -0.15) is 13.2 Å². The number of hydrogen-bond donors (Lipinski definition) is 1. The minimum atomic E-state index is -4.63. The highest BCUT2D eigenvalue weighted by atomic mass is 35.5. The number of halogens is 4. The number of aromatic nitrogens is 2. The molecule has 19 heavy (non-hydrogen) atoms. The molecule has 0 spiro atoms. The number of hydrogen-bond acceptors (Lipinski definition) is 3. The Morgan fingerprint density at radius 1 is 1.16 bits per heavy atom. The topological polar surface area (TPSA) is 37.8 Å². The molecule has 100 valence electrons. The van der Waals surface area contributed by atoms with Crippen molar-refractivity contribution in [1.29, 1.82) is 0 Å². The molecule has 0 radical (unpaired) electrons. The SMILES string of the molecule is Cc1ccccc1Nc1cc(Cl)nc(C(F)(F)F)n1. The van der Waals surface area contributed by atoms with E-state index in [0.717, 1.165) is 5.56 Å². The van der Waals surface area contributed by atoms with Gasteiger partial charge in [-0.25, -0.2) is 9.97 Å². The minimum absolute atomic E-state index is 0.00150. The van der Waals surface area contributed by atoms with Crippen LogP contribution in [0.1, 0.15) is 11.4 Å². The number of rotatable bonds is 2. The van der Waals surface area contributed by atoms with Crippen molar-refractivity contribution in [2.45, 2.75) is 13.1 Å². The summed E-state index contributed by atoms with van der Waals surface area (Å²) >= 11 is 5.57. The molecule has 0 saturated heterocycles. The first-order valence-corrected chi connectivity index (χ1v) is 5.68. The minimum Gasteiger partial charge on any atom is -0.340 e. The lowest BCUT2D eigenvalue weighted by Gasteiger charge is -2.11. The maximum atomic E-state index is 12.6. The van der Waals surface area contributed by atoms with Crippen molar-refractivity contribution in [3.63, 3.8) is 0 Å². The number of benzene rings is 1. The Labute approximate surface area is 112 Å². The van der Waals surface area contributed by atoms with Crippen molar-refractivity contribution in [3.8, 4) is 0 Å². The summed E-state index contributed by atoms with van der Waals surface area (Å²) in [6, 6.07) is 8.40. The summed E-state index contributed by atoms with van der Waals surface area (Å²) in [6.07, 6.45) is -4.63. The molecule has 2 rings (SSSR count). The van der Waals surface area contributed by atoms with Gasteiger partial charge in [0.15, 0.2) is 0 Å². The van der Waals surface area contributed by atoms with E-state index in [1.54, 1.807) is 12.1 Å². The van der Waals surface area contributed by atoms with Gasteiger partial charge in [0.1, 0.15) is 11.0 Å². The molecule has 0 unspecified atom stereocenters. The summed E-state index contributed by atoms with van der Waals surface area (Å²) < 4.78 is 37.7. The van der Waals surface area contributed by atoms with Crippen molar-refractivity contribution in [2.75, 3.05) is 5.32 Å². The summed E-state index contributed by atoms with van der Waals surface area (Å²) in [6.45, 7) is 1.83. The third-order valence-electron chi connectivity index (χ3n) is 2.36. The zero-order valence-electron chi connectivity index (χ0n) is 9.79. The standard InChI is InChI=1S/C12H9ClF3N3/c1-7-4-2-3-5-8(7)17-10-6-9(13)18-11(19-10)12(14,15)16/h2-6H,1H3,(H,17,18,19). The Balaban J connectivity index is 2.36. The van der Waals surface area contributed by atoms with E-state index in [2.05, 4.69) is 15.3 Å². The second-order valence-electron chi connectivity index (χ2n) is 3.84. The van der Waals surface area contributed by atoms with Crippen molar-refractivity contribution in [2.24, 2.45) is 0 Å². The first-order valence-electron chi connectivity index (χ1n) is 5.31. The summed E-state index contributed by atoms with van der Waals surface area (Å²) in [5, 5.41) is 2.52. The Bertz CT molecular complexity index is 599. The summed E-state index contributed by atoms with van der Waals surface area (Å²) in [4.78, 5) is 6.57. The van der Waals surface area contributed by atoms with E-state index < -0.39 is 12.0 Å². The number of nitrogens with one attached hydrogen (secondary N) is 1. The molecule has 0 amide bonds. The second kappa shape index (κ2) is 5.05. The smallest absolute Gasteiger partial charge is 0.340 e. The van der Waals surface area contributed by atoms with Gasteiger partial charge in [-0.15, -0.1) is 0 Å². The highest BCUT2D eigenvalue weighted by Gasteiger charge is 2.35. The predicted octanol–water partition coefficient (Wildman–Crippen LogP) is 4.20. The Morgan fingerprint density at radius 2 is 1.84 bits per heavy atom. The quantitative estimate of drug-likeness (QED) is 0.841. The average molecular weight is 288 g/mol. The van der Waals surface area contributed by atoms with E-state index in [1.807, 2.05) is 19.1 Å². The van der Waals surface area contributed by atoms with Crippen LogP contribution in [0.15, 0.2) is 30.3 Å². The largest absolute Gasteiger partial charge is 0.451 e. The Kier molecular flexibility index (Phi) is 3.61. The molecule has 0 aliphatic heterocycles. The van der Waals surface area contributed by atoms with E-state index in [0.29, 0.717) is 5.69 Å². The molecule has 1 aromatic heterocycles. The lowest BCUT2D eigenvalue weighted by Crippen LogP contribution is -2.12. The van der Waals surface area contributed by atoms with Crippen molar-refractivity contribution >= 4 is 23.1 Å². The van der Waals surface area contributed by atoms with Crippen molar-refractivity contribution < 1.29 is 13.2 Å². The van der Waals surface area contributed by atoms with Crippen LogP contribution in [-0.2, 0) is 6.18 Å². The maximum absolute atomic E-state index is 12.6. The molecule has 0 fully saturated rings. The molecule has 0 saturated carbocycles. The predicted molar refractivity (Wildman–Crippen MR) is 66.5 cm³/mol. The Morgan fingerprint density at radius 3 is 2.47 bits per heavy atom. The van der Waals surface area contributed by atoms with E-state index in [9.17, 15) is 13.2 Å². The van der Waals surface area contributed by atoms with Crippen LogP contribution in [-0.4, -0.2) is 9.97 Å². The highest BCUT2D eigenvalue weighted by molar-refractivity contribution is 6.29. The zero-order valence-corrected chi connectivity index (χ0v) is 10.5. The van der Waals surface area contributed by atoms with Gasteiger partial charge < -0.3 is 5.32 Å². The van der Waals surface area contributed by atoms with Crippen LogP contribution < -0.4 is 5.32 Å². The third-order valence-corrected chi connectivity index (χ3v) is 2.55. The van der Waals surface area contributed by atoms with Gasteiger partial charge in [-0.05, 0) is 18.6 Å². The lowest BCUT2D eigenvalue weighted by molar-refractivity contribution is -0.144. The highest BCUT2D eigenvalue weighted by Crippen LogP contribution is 2.29. The first-order chi connectivity index (χ1) is 8.86. The number of aryl methyl sites for hydroxylation is 1. The number of para-hydroxylation sites is 1. The molecule has 2 aromatic rings. The fraction of sp³-hybridized carbons (Fsp3) is 0.167. The van der Waals surface area contributed by atoms with Crippen LogP contribution in [0.25, 0.3) is 0 Å². The summed E-state index contributed by atoms with van der Waals surface area (Å²) in [7, 11) is 0. The number of nitrogens with zero attached hydrogens (tertiary/aromatic N) is 2. The van der Waals surface area contributed by atoms with Gasteiger partial charge in [0.05, 0.1) is 0 Å². The van der Waals surface area contributed by atoms with Crippen LogP contribution in [0.2, 0.25) is 5.15 Å². The van der Waals surface area contributed by atoms with Gasteiger partial charge >= 0.3 is 6.18 Å². The van der Waals surface area contributed by atoms with E-state index in [4.69, 9.17) is 11.6 Å². The van der Waals surface area contributed by atoms with E-state index >= 15 is 0 Å². The van der Waals surface area contributed by atoms with Crippen LogP contribution in [0.4, 0.5) is 24.7 Å². The van der Waals surface area contributed by atoms with Gasteiger partial charge in [0, 0.05) is 11.8 Å². The monoisotopic (exact) mass is 287 g/mol. The van der Waals surface area contributed by atoms with Gasteiger partial charge in [0.25, 0.3) is 0 Å². The van der Waals surface area contributed by atoms with Crippen molar-refractivity contribution in [3.05, 3.63) is 46.9 Å². The number of alkyl halides is 3.